The number of carbonyl (C=O) groups is 3. The van der Waals surface area contributed by atoms with Crippen molar-refractivity contribution in [3.05, 3.63) is 0 Å². The van der Waals surface area contributed by atoms with Gasteiger partial charge in [-0.05, 0) is 19.3 Å². The van der Waals surface area contributed by atoms with Crippen LogP contribution in [0.2, 0.25) is 0 Å². The van der Waals surface area contributed by atoms with Gasteiger partial charge < -0.3 is 14.2 Å². The van der Waals surface area contributed by atoms with Crippen LogP contribution >= 0.6 is 0 Å². The quantitative estimate of drug-likeness (QED) is 0.0343. The van der Waals surface area contributed by atoms with E-state index in [-0.39, 0.29) is 31.1 Å². The normalized spacial score (nSPS) is 11.9. The van der Waals surface area contributed by atoms with Crippen LogP contribution in [0.5, 0.6) is 0 Å². The van der Waals surface area contributed by atoms with E-state index in [1.165, 1.54) is 334 Å². The van der Waals surface area contributed by atoms with Crippen LogP contribution in [-0.4, -0.2) is 37.2 Å². The van der Waals surface area contributed by atoms with Crippen molar-refractivity contribution >= 4 is 17.9 Å². The largest absolute Gasteiger partial charge is 0.462 e. The zero-order chi connectivity index (χ0) is 57.1. The Morgan fingerprint density at radius 1 is 0.203 bits per heavy atom. The monoisotopic (exact) mass is 1120 g/mol. The second-order valence-corrected chi connectivity index (χ2v) is 25.2. The summed E-state index contributed by atoms with van der Waals surface area (Å²) in [5.41, 5.74) is 0. The Balaban J connectivity index is 4.21. The fraction of sp³-hybridized carbons (Fsp3) is 0.959. The fourth-order valence-electron chi connectivity index (χ4n) is 11.6. The summed E-state index contributed by atoms with van der Waals surface area (Å²) < 4.78 is 17.0. The number of carbonyl (C=O) groups excluding carboxylic acids is 3. The molecule has 0 rings (SSSR count). The first-order chi connectivity index (χ1) is 39.0. The molecule has 0 bridgehead atoms. The highest BCUT2D eigenvalue weighted by molar-refractivity contribution is 5.71. The minimum Gasteiger partial charge on any atom is -0.462 e. The van der Waals surface area contributed by atoms with Gasteiger partial charge in [0.25, 0.3) is 0 Å². The molecule has 6 heteroatoms. The third kappa shape index (κ3) is 67.1. The van der Waals surface area contributed by atoms with Crippen LogP contribution in [0.3, 0.4) is 0 Å². The summed E-state index contributed by atoms with van der Waals surface area (Å²) in [5, 5.41) is 0. The summed E-state index contributed by atoms with van der Waals surface area (Å²) in [6.07, 6.45) is 81.4. The van der Waals surface area contributed by atoms with Crippen LogP contribution in [0.4, 0.5) is 0 Å². The number of hydrogen-bond acceptors (Lipinski definition) is 6. The Kier molecular flexibility index (Phi) is 67.5. The van der Waals surface area contributed by atoms with Gasteiger partial charge in [-0.3, -0.25) is 14.4 Å². The van der Waals surface area contributed by atoms with Crippen molar-refractivity contribution in [3.8, 4) is 0 Å². The van der Waals surface area contributed by atoms with E-state index in [9.17, 15) is 14.4 Å². The van der Waals surface area contributed by atoms with Gasteiger partial charge in [0.1, 0.15) is 13.2 Å². The summed E-state index contributed by atoms with van der Waals surface area (Å²) in [5.74, 6) is -0.817. The van der Waals surface area contributed by atoms with E-state index in [0.29, 0.717) is 19.3 Å². The second-order valence-electron chi connectivity index (χ2n) is 25.2. The Bertz CT molecular complexity index is 1190. The Morgan fingerprint density at radius 3 is 0.506 bits per heavy atom. The van der Waals surface area contributed by atoms with Crippen LogP contribution in [-0.2, 0) is 28.6 Å². The first-order valence-electron chi connectivity index (χ1n) is 36.5. The van der Waals surface area contributed by atoms with Gasteiger partial charge >= 0.3 is 17.9 Å². The molecule has 1 atom stereocenters. The third-order valence-corrected chi connectivity index (χ3v) is 17.1. The van der Waals surface area contributed by atoms with E-state index in [1.807, 2.05) is 0 Å². The van der Waals surface area contributed by atoms with Crippen molar-refractivity contribution in [1.29, 1.82) is 0 Å². The third-order valence-electron chi connectivity index (χ3n) is 17.1. The molecule has 0 spiro atoms. The number of ether oxygens (including phenoxy) is 3. The molecule has 0 N–H and O–H groups in total. The molecule has 0 aliphatic heterocycles. The molecule has 79 heavy (non-hydrogen) atoms. The van der Waals surface area contributed by atoms with Crippen LogP contribution in [0.15, 0.2) is 0 Å². The van der Waals surface area contributed by atoms with Crippen LogP contribution in [0, 0.1) is 0 Å². The molecule has 0 saturated carbocycles. The second kappa shape index (κ2) is 68.9. The molecule has 0 aromatic carbocycles. The summed E-state index contributed by atoms with van der Waals surface area (Å²) in [7, 11) is 0. The van der Waals surface area contributed by atoms with Gasteiger partial charge in [0.15, 0.2) is 6.10 Å². The maximum absolute atomic E-state index is 13.0. The average molecular weight is 1120 g/mol. The molecule has 0 aromatic heterocycles. The lowest BCUT2D eigenvalue weighted by atomic mass is 10.0. The standard InChI is InChI=1S/C73H142O6/c1-4-7-10-13-16-19-22-25-28-30-32-34-35-36-37-39-40-42-45-48-51-54-57-60-63-66-72(75)78-69-70(68-77-71(74)65-62-59-56-53-50-47-44-27-24-21-18-15-12-9-6-3)79-73(76)67-64-61-58-55-52-49-46-43-41-38-33-31-29-26-23-20-17-14-11-8-5-2/h70H,4-69H2,1-3H3. The smallest absolute Gasteiger partial charge is 0.306 e. The van der Waals surface area contributed by atoms with Crippen LogP contribution in [0.1, 0.15) is 432 Å². The zero-order valence-corrected chi connectivity index (χ0v) is 54.2. The van der Waals surface area contributed by atoms with Crippen molar-refractivity contribution in [2.75, 3.05) is 13.2 Å². The van der Waals surface area contributed by atoms with Gasteiger partial charge in [0.2, 0.25) is 0 Å². The Morgan fingerprint density at radius 2 is 0.342 bits per heavy atom. The summed E-state index contributed by atoms with van der Waals surface area (Å²) in [6.45, 7) is 6.75. The van der Waals surface area contributed by atoms with Gasteiger partial charge in [-0.2, -0.15) is 0 Å². The molecular formula is C73H142O6. The van der Waals surface area contributed by atoms with E-state index in [0.717, 1.165) is 57.8 Å². The number of hydrogen-bond donors (Lipinski definition) is 0. The van der Waals surface area contributed by atoms with Gasteiger partial charge in [-0.1, -0.05) is 393 Å². The minimum absolute atomic E-state index is 0.0600. The molecule has 0 saturated heterocycles. The number of rotatable bonds is 69. The molecule has 0 fully saturated rings. The average Bonchev–Trinajstić information content (AvgIpc) is 3.45. The fourth-order valence-corrected chi connectivity index (χ4v) is 11.6. The minimum atomic E-state index is -0.763. The predicted molar refractivity (Wildman–Crippen MR) is 344 cm³/mol. The number of unbranched alkanes of at least 4 members (excludes halogenated alkanes) is 58. The topological polar surface area (TPSA) is 78.9 Å². The van der Waals surface area contributed by atoms with Crippen LogP contribution < -0.4 is 0 Å². The lowest BCUT2D eigenvalue weighted by molar-refractivity contribution is -0.167. The molecule has 1 unspecified atom stereocenters. The maximum Gasteiger partial charge on any atom is 0.306 e. The SMILES string of the molecule is CCCCCCCCCCCCCCCCCCCCCCCCCCCC(=O)OCC(COC(=O)CCCCCCCCCCCCCCCCC)OC(=O)CCCCCCCCCCCCCCCCCCCCCCC. The molecule has 0 amide bonds. The predicted octanol–water partition coefficient (Wildman–Crippen LogP) is 25.0. The van der Waals surface area contributed by atoms with E-state index in [4.69, 9.17) is 14.2 Å². The van der Waals surface area contributed by atoms with Gasteiger partial charge in [-0.15, -0.1) is 0 Å². The van der Waals surface area contributed by atoms with Crippen LogP contribution in [0.25, 0.3) is 0 Å². The van der Waals surface area contributed by atoms with Crippen molar-refractivity contribution in [1.82, 2.24) is 0 Å². The molecule has 0 aromatic rings. The summed E-state index contributed by atoms with van der Waals surface area (Å²) >= 11 is 0. The number of esters is 3. The molecule has 470 valence electrons. The van der Waals surface area contributed by atoms with Crippen molar-refractivity contribution in [2.24, 2.45) is 0 Å². The highest BCUT2D eigenvalue weighted by Crippen LogP contribution is 2.20. The molecule has 0 radical (unpaired) electrons. The molecule has 0 heterocycles. The summed E-state index contributed by atoms with van der Waals surface area (Å²) in [4.78, 5) is 38.5. The maximum atomic E-state index is 13.0. The van der Waals surface area contributed by atoms with E-state index < -0.39 is 6.10 Å². The van der Waals surface area contributed by atoms with Crippen molar-refractivity contribution in [3.63, 3.8) is 0 Å². The highest BCUT2D eigenvalue weighted by atomic mass is 16.6. The van der Waals surface area contributed by atoms with E-state index in [1.54, 1.807) is 0 Å². The zero-order valence-electron chi connectivity index (χ0n) is 54.2. The Hall–Kier alpha value is -1.59. The first kappa shape index (κ1) is 77.4. The van der Waals surface area contributed by atoms with E-state index >= 15 is 0 Å². The summed E-state index contributed by atoms with van der Waals surface area (Å²) in [6, 6.07) is 0. The molecule has 6 nitrogen and oxygen atoms in total. The lowest BCUT2D eigenvalue weighted by Crippen LogP contribution is -2.30. The highest BCUT2D eigenvalue weighted by Gasteiger charge is 2.20. The van der Waals surface area contributed by atoms with E-state index in [2.05, 4.69) is 20.8 Å². The van der Waals surface area contributed by atoms with Gasteiger partial charge in [0, 0.05) is 19.3 Å². The lowest BCUT2D eigenvalue weighted by Gasteiger charge is -2.18. The molecular weight excluding hydrogens is 973 g/mol. The van der Waals surface area contributed by atoms with Crippen molar-refractivity contribution in [2.45, 2.75) is 438 Å². The van der Waals surface area contributed by atoms with Gasteiger partial charge in [0.05, 0.1) is 0 Å². The first-order valence-corrected chi connectivity index (χ1v) is 36.5. The van der Waals surface area contributed by atoms with Gasteiger partial charge in [-0.25, -0.2) is 0 Å². The molecule has 0 aliphatic rings. The molecule has 0 aliphatic carbocycles. The van der Waals surface area contributed by atoms with Crippen molar-refractivity contribution < 1.29 is 28.6 Å². The Labute approximate surface area is 495 Å².